The maximum Gasteiger partial charge on any atom is 0.236 e. The molecular formula is C26H53N3O2. The summed E-state index contributed by atoms with van der Waals surface area (Å²) in [5, 5.41) is 0. The van der Waals surface area contributed by atoms with Crippen LogP contribution in [0.4, 0.5) is 0 Å². The summed E-state index contributed by atoms with van der Waals surface area (Å²) >= 11 is 0. The Labute approximate surface area is 193 Å². The van der Waals surface area contributed by atoms with Crippen molar-refractivity contribution in [2.24, 2.45) is 0 Å². The molecule has 0 heterocycles. The molecule has 0 spiro atoms. The molecule has 0 aliphatic rings. The van der Waals surface area contributed by atoms with E-state index in [9.17, 15) is 9.59 Å². The van der Waals surface area contributed by atoms with E-state index in [1.807, 2.05) is 7.05 Å². The number of amides is 2. The third-order valence-corrected chi connectivity index (χ3v) is 6.25. The van der Waals surface area contributed by atoms with E-state index in [2.05, 4.69) is 18.7 Å². The number of likely N-dealkylation sites (N-methyl/N-ethyl adjacent to an activating group) is 2. The fraction of sp³-hybridized carbons (Fsp3) is 0.923. The van der Waals surface area contributed by atoms with Gasteiger partial charge in [-0.2, -0.15) is 0 Å². The summed E-state index contributed by atoms with van der Waals surface area (Å²) in [7, 11) is 3.64. The van der Waals surface area contributed by atoms with Crippen LogP contribution in [-0.2, 0) is 9.59 Å². The molecule has 0 aromatic heterocycles. The minimum absolute atomic E-state index is 0.0420. The maximum absolute atomic E-state index is 12.7. The molecule has 31 heavy (non-hydrogen) atoms. The second-order valence-electron chi connectivity index (χ2n) is 9.27. The summed E-state index contributed by atoms with van der Waals surface area (Å²) in [5.74, 6) is 0.211. The highest BCUT2D eigenvalue weighted by atomic mass is 16.2. The van der Waals surface area contributed by atoms with E-state index in [1.54, 1.807) is 23.8 Å². The van der Waals surface area contributed by atoms with Crippen LogP contribution in [0.25, 0.3) is 0 Å². The van der Waals surface area contributed by atoms with Gasteiger partial charge in [-0.3, -0.25) is 14.5 Å². The van der Waals surface area contributed by atoms with Crippen LogP contribution in [0.5, 0.6) is 0 Å². The van der Waals surface area contributed by atoms with Crippen molar-refractivity contribution in [1.82, 2.24) is 14.7 Å². The van der Waals surface area contributed by atoms with Gasteiger partial charge in [-0.15, -0.1) is 0 Å². The first-order valence-electron chi connectivity index (χ1n) is 13.1. The minimum atomic E-state index is 0.0420. The summed E-state index contributed by atoms with van der Waals surface area (Å²) < 4.78 is 0. The van der Waals surface area contributed by atoms with Crippen molar-refractivity contribution >= 4 is 11.8 Å². The molecule has 0 aliphatic carbocycles. The standard InChI is InChI=1S/C26H53N3O2/c1-6-8-10-12-14-16-18-20-29(21-19-17-15-13-11-9-7-2)24-26(31)28(5)23-22-27(4)25(3)30/h6-24H2,1-5H3. The molecule has 0 fully saturated rings. The molecule has 5 heteroatoms. The largest absolute Gasteiger partial charge is 0.344 e. The second kappa shape index (κ2) is 20.8. The van der Waals surface area contributed by atoms with Crippen LogP contribution < -0.4 is 0 Å². The van der Waals surface area contributed by atoms with Crippen LogP contribution in [0.1, 0.15) is 111 Å². The Kier molecular flexibility index (Phi) is 20.0. The van der Waals surface area contributed by atoms with Gasteiger partial charge < -0.3 is 9.80 Å². The highest BCUT2D eigenvalue weighted by Gasteiger charge is 2.15. The number of carbonyl (C=O) groups excluding carboxylic acids is 2. The van der Waals surface area contributed by atoms with Crippen molar-refractivity contribution in [2.75, 3.05) is 46.8 Å². The number of carbonyl (C=O) groups is 2. The van der Waals surface area contributed by atoms with Gasteiger partial charge >= 0.3 is 0 Å². The Balaban J connectivity index is 4.32. The third-order valence-electron chi connectivity index (χ3n) is 6.25. The number of unbranched alkanes of at least 4 members (excludes halogenated alkanes) is 12. The van der Waals surface area contributed by atoms with Gasteiger partial charge in [0.25, 0.3) is 0 Å². The predicted molar refractivity (Wildman–Crippen MR) is 133 cm³/mol. The van der Waals surface area contributed by atoms with Gasteiger partial charge in [-0.25, -0.2) is 0 Å². The van der Waals surface area contributed by atoms with Crippen LogP contribution in [0, 0.1) is 0 Å². The molecule has 0 saturated heterocycles. The molecule has 5 nitrogen and oxygen atoms in total. The van der Waals surface area contributed by atoms with Crippen LogP contribution in [-0.4, -0.2) is 73.3 Å². The van der Waals surface area contributed by atoms with E-state index in [0.29, 0.717) is 19.6 Å². The molecule has 184 valence electrons. The molecule has 0 aromatic rings. The summed E-state index contributed by atoms with van der Waals surface area (Å²) in [5.41, 5.74) is 0. The number of rotatable bonds is 21. The fourth-order valence-corrected chi connectivity index (χ4v) is 3.75. The molecule has 0 rings (SSSR count). The quantitative estimate of drug-likeness (QED) is 0.215. The molecule has 0 radical (unpaired) electrons. The van der Waals surface area contributed by atoms with Crippen LogP contribution >= 0.6 is 0 Å². The number of hydrogen-bond donors (Lipinski definition) is 0. The third kappa shape index (κ3) is 18.2. The summed E-state index contributed by atoms with van der Waals surface area (Å²) in [6.07, 6.45) is 18.2. The number of hydrogen-bond acceptors (Lipinski definition) is 3. The Morgan fingerprint density at radius 1 is 0.548 bits per heavy atom. The van der Waals surface area contributed by atoms with Gasteiger partial charge in [-0.1, -0.05) is 90.9 Å². The zero-order chi connectivity index (χ0) is 23.3. The lowest BCUT2D eigenvalue weighted by Gasteiger charge is -2.26. The van der Waals surface area contributed by atoms with E-state index in [1.165, 1.54) is 89.9 Å². The van der Waals surface area contributed by atoms with E-state index in [4.69, 9.17) is 0 Å². The molecule has 0 N–H and O–H groups in total. The van der Waals surface area contributed by atoms with Crippen molar-refractivity contribution in [3.8, 4) is 0 Å². The smallest absolute Gasteiger partial charge is 0.236 e. The Hall–Kier alpha value is -1.10. The van der Waals surface area contributed by atoms with Crippen molar-refractivity contribution in [3.05, 3.63) is 0 Å². The Bertz CT molecular complexity index is 424. The predicted octanol–water partition coefficient (Wildman–Crippen LogP) is 5.73. The zero-order valence-corrected chi connectivity index (χ0v) is 21.6. The highest BCUT2D eigenvalue weighted by molar-refractivity contribution is 5.78. The molecule has 2 amide bonds. The van der Waals surface area contributed by atoms with Gasteiger partial charge in [-0.05, 0) is 25.9 Å². The summed E-state index contributed by atoms with van der Waals surface area (Å²) in [4.78, 5) is 29.9. The Morgan fingerprint density at radius 3 is 1.35 bits per heavy atom. The van der Waals surface area contributed by atoms with E-state index in [0.717, 1.165) is 13.1 Å². The van der Waals surface area contributed by atoms with E-state index < -0.39 is 0 Å². The fourth-order valence-electron chi connectivity index (χ4n) is 3.75. The molecule has 0 bridgehead atoms. The van der Waals surface area contributed by atoms with Crippen molar-refractivity contribution in [3.63, 3.8) is 0 Å². The lowest BCUT2D eigenvalue weighted by molar-refractivity contribution is -0.133. The molecule has 0 saturated carbocycles. The summed E-state index contributed by atoms with van der Waals surface area (Å²) in [6.45, 7) is 9.82. The molecule has 0 aromatic carbocycles. The summed E-state index contributed by atoms with van der Waals surface area (Å²) in [6, 6.07) is 0. The van der Waals surface area contributed by atoms with Gasteiger partial charge in [0.05, 0.1) is 6.54 Å². The van der Waals surface area contributed by atoms with Crippen LogP contribution in [0.3, 0.4) is 0 Å². The maximum atomic E-state index is 12.7. The zero-order valence-electron chi connectivity index (χ0n) is 21.6. The van der Waals surface area contributed by atoms with Gasteiger partial charge in [0.2, 0.25) is 11.8 Å². The van der Waals surface area contributed by atoms with Crippen molar-refractivity contribution in [1.29, 1.82) is 0 Å². The van der Waals surface area contributed by atoms with Gasteiger partial charge in [0.1, 0.15) is 0 Å². The second-order valence-corrected chi connectivity index (χ2v) is 9.27. The molecule has 0 atom stereocenters. The SMILES string of the molecule is CCCCCCCCCN(CCCCCCCCC)CC(=O)N(C)CCN(C)C(C)=O. The molecule has 0 unspecified atom stereocenters. The molecule has 0 aliphatic heterocycles. The first-order valence-corrected chi connectivity index (χ1v) is 13.1. The normalized spacial score (nSPS) is 11.2. The average Bonchev–Trinajstić information content (AvgIpc) is 2.75. The van der Waals surface area contributed by atoms with Crippen LogP contribution in [0.15, 0.2) is 0 Å². The van der Waals surface area contributed by atoms with Gasteiger partial charge in [0, 0.05) is 34.1 Å². The minimum Gasteiger partial charge on any atom is -0.344 e. The lowest BCUT2D eigenvalue weighted by atomic mass is 10.1. The van der Waals surface area contributed by atoms with Crippen molar-refractivity contribution in [2.45, 2.75) is 111 Å². The van der Waals surface area contributed by atoms with Crippen LogP contribution in [0.2, 0.25) is 0 Å². The topological polar surface area (TPSA) is 43.9 Å². The average molecular weight is 440 g/mol. The van der Waals surface area contributed by atoms with Crippen molar-refractivity contribution < 1.29 is 9.59 Å². The molecular weight excluding hydrogens is 386 g/mol. The Morgan fingerprint density at radius 2 is 0.935 bits per heavy atom. The monoisotopic (exact) mass is 439 g/mol. The lowest BCUT2D eigenvalue weighted by Crippen LogP contribution is -2.42. The van der Waals surface area contributed by atoms with E-state index >= 15 is 0 Å². The number of nitrogens with zero attached hydrogens (tertiary/aromatic N) is 3. The van der Waals surface area contributed by atoms with E-state index in [-0.39, 0.29) is 11.8 Å². The highest BCUT2D eigenvalue weighted by Crippen LogP contribution is 2.10. The first kappa shape index (κ1) is 29.9. The van der Waals surface area contributed by atoms with Gasteiger partial charge in [0.15, 0.2) is 0 Å². The first-order chi connectivity index (χ1) is 14.9.